The standard InChI is InChI=1S/C16H25NO2S/c1-11(2)16(19)8-7-15(4,17-10-20)12-5-6-14(3,18)9-13(12)16/h9,11-12,18-19H,5-8H2,1-4H3/t12-,14-,15-,16+/m1/s1. The van der Waals surface area contributed by atoms with E-state index >= 15 is 0 Å². The molecule has 0 saturated heterocycles. The molecule has 0 aromatic heterocycles. The Hall–Kier alpha value is -0.540. The molecule has 2 aliphatic carbocycles. The van der Waals surface area contributed by atoms with Gasteiger partial charge in [0.05, 0.1) is 21.9 Å². The van der Waals surface area contributed by atoms with Crippen molar-refractivity contribution in [1.82, 2.24) is 0 Å². The van der Waals surface area contributed by atoms with Gasteiger partial charge in [0, 0.05) is 5.92 Å². The van der Waals surface area contributed by atoms with Gasteiger partial charge in [-0.3, -0.25) is 0 Å². The highest BCUT2D eigenvalue weighted by atomic mass is 32.1. The molecule has 20 heavy (non-hydrogen) atoms. The van der Waals surface area contributed by atoms with Crippen LogP contribution in [-0.4, -0.2) is 32.1 Å². The van der Waals surface area contributed by atoms with Crippen LogP contribution in [0, 0.1) is 11.8 Å². The second-order valence-electron chi connectivity index (χ2n) is 7.19. The van der Waals surface area contributed by atoms with Crippen molar-refractivity contribution in [1.29, 1.82) is 0 Å². The third-order valence-corrected chi connectivity index (χ3v) is 5.39. The molecule has 4 atom stereocenters. The highest BCUT2D eigenvalue weighted by molar-refractivity contribution is 7.78. The van der Waals surface area contributed by atoms with Gasteiger partial charge in [0.15, 0.2) is 0 Å². The molecule has 2 aliphatic rings. The van der Waals surface area contributed by atoms with Crippen LogP contribution in [0.5, 0.6) is 0 Å². The molecule has 0 spiro atoms. The summed E-state index contributed by atoms with van der Waals surface area (Å²) in [6, 6.07) is 0. The summed E-state index contributed by atoms with van der Waals surface area (Å²) in [5, 5.41) is 24.0. The van der Waals surface area contributed by atoms with E-state index in [4.69, 9.17) is 12.2 Å². The quantitative estimate of drug-likeness (QED) is 0.467. The molecule has 0 aromatic rings. The number of aliphatic hydroxyl groups is 2. The van der Waals surface area contributed by atoms with Crippen LogP contribution in [0.2, 0.25) is 0 Å². The fourth-order valence-corrected chi connectivity index (χ4v) is 4.00. The Balaban J connectivity index is 2.53. The summed E-state index contributed by atoms with van der Waals surface area (Å²) in [5.74, 6) is 0.255. The van der Waals surface area contributed by atoms with Gasteiger partial charge < -0.3 is 10.2 Å². The van der Waals surface area contributed by atoms with Crippen molar-refractivity contribution in [3.05, 3.63) is 11.6 Å². The van der Waals surface area contributed by atoms with E-state index in [-0.39, 0.29) is 17.4 Å². The van der Waals surface area contributed by atoms with E-state index in [0.29, 0.717) is 12.8 Å². The maximum atomic E-state index is 11.1. The molecule has 0 bridgehead atoms. The van der Waals surface area contributed by atoms with Crippen molar-refractivity contribution >= 4 is 17.4 Å². The maximum Gasteiger partial charge on any atom is 0.0885 e. The van der Waals surface area contributed by atoms with Gasteiger partial charge in [0.25, 0.3) is 0 Å². The van der Waals surface area contributed by atoms with Crippen molar-refractivity contribution in [2.45, 2.75) is 70.1 Å². The van der Waals surface area contributed by atoms with Crippen LogP contribution in [0.15, 0.2) is 16.6 Å². The molecule has 1 saturated carbocycles. The van der Waals surface area contributed by atoms with E-state index in [1.54, 1.807) is 0 Å². The Kier molecular flexibility index (Phi) is 3.98. The zero-order valence-electron chi connectivity index (χ0n) is 12.8. The smallest absolute Gasteiger partial charge is 0.0885 e. The van der Waals surface area contributed by atoms with Gasteiger partial charge in [-0.1, -0.05) is 19.9 Å². The first-order valence-electron chi connectivity index (χ1n) is 7.42. The summed E-state index contributed by atoms with van der Waals surface area (Å²) in [4.78, 5) is 4.40. The third-order valence-electron chi connectivity index (χ3n) is 5.30. The lowest BCUT2D eigenvalue weighted by Crippen LogP contribution is -2.54. The van der Waals surface area contributed by atoms with Gasteiger partial charge in [-0.05, 0) is 63.2 Å². The summed E-state index contributed by atoms with van der Waals surface area (Å²) in [6.45, 7) is 7.97. The average molecular weight is 295 g/mol. The van der Waals surface area contributed by atoms with Crippen molar-refractivity contribution in [3.8, 4) is 0 Å². The van der Waals surface area contributed by atoms with Gasteiger partial charge >= 0.3 is 0 Å². The molecule has 3 nitrogen and oxygen atoms in total. The first-order valence-corrected chi connectivity index (χ1v) is 7.82. The Morgan fingerprint density at radius 2 is 1.95 bits per heavy atom. The molecule has 2 N–H and O–H groups in total. The SMILES string of the molecule is CC(C)[C@@]1(O)CC[C@@](C)(N=C=S)[C@@H]2CC[C@@](C)(O)C=C21. The third kappa shape index (κ3) is 2.50. The van der Waals surface area contributed by atoms with Crippen LogP contribution in [0.3, 0.4) is 0 Å². The zero-order valence-corrected chi connectivity index (χ0v) is 13.6. The van der Waals surface area contributed by atoms with Crippen LogP contribution in [0.4, 0.5) is 0 Å². The van der Waals surface area contributed by atoms with Crippen LogP contribution >= 0.6 is 12.2 Å². The number of isothiocyanates is 1. The molecule has 0 radical (unpaired) electrons. The molecule has 0 heterocycles. The molecule has 0 aromatic carbocycles. The van der Waals surface area contributed by atoms with E-state index in [9.17, 15) is 10.2 Å². The minimum Gasteiger partial charge on any atom is -0.386 e. The fourth-order valence-electron chi connectivity index (χ4n) is 3.79. The Morgan fingerprint density at radius 3 is 2.50 bits per heavy atom. The first-order chi connectivity index (χ1) is 9.15. The molecule has 2 rings (SSSR count). The normalized spacial score (nSPS) is 44.5. The van der Waals surface area contributed by atoms with Crippen LogP contribution in [-0.2, 0) is 0 Å². The maximum absolute atomic E-state index is 11.1. The molecule has 0 unspecified atom stereocenters. The minimum atomic E-state index is -0.842. The van der Waals surface area contributed by atoms with Crippen molar-refractivity contribution in [3.63, 3.8) is 0 Å². The first kappa shape index (κ1) is 15.8. The Bertz CT molecular complexity index is 479. The van der Waals surface area contributed by atoms with E-state index in [2.05, 4.69) is 17.1 Å². The van der Waals surface area contributed by atoms with Gasteiger partial charge in [-0.25, -0.2) is 4.99 Å². The fraction of sp³-hybridized carbons (Fsp3) is 0.812. The summed E-state index contributed by atoms with van der Waals surface area (Å²) < 4.78 is 0. The van der Waals surface area contributed by atoms with E-state index in [1.807, 2.05) is 26.8 Å². The molecule has 1 fully saturated rings. The van der Waals surface area contributed by atoms with E-state index < -0.39 is 11.2 Å². The van der Waals surface area contributed by atoms with Crippen LogP contribution in [0.1, 0.15) is 53.4 Å². The highest BCUT2D eigenvalue weighted by Crippen LogP contribution is 2.53. The van der Waals surface area contributed by atoms with Crippen LogP contribution in [0.25, 0.3) is 0 Å². The zero-order chi connectivity index (χ0) is 15.2. The largest absolute Gasteiger partial charge is 0.386 e. The van der Waals surface area contributed by atoms with Crippen molar-refractivity contribution in [2.24, 2.45) is 16.8 Å². The lowest BCUT2D eigenvalue weighted by Gasteiger charge is -2.52. The van der Waals surface area contributed by atoms with Gasteiger partial charge in [0.1, 0.15) is 0 Å². The van der Waals surface area contributed by atoms with E-state index in [0.717, 1.165) is 18.4 Å². The molecule has 0 aliphatic heterocycles. The summed E-state index contributed by atoms with van der Waals surface area (Å²) >= 11 is 4.80. The molecular formula is C16H25NO2S. The average Bonchev–Trinajstić information content (AvgIpc) is 2.33. The second kappa shape index (κ2) is 5.03. The number of hydrogen-bond donors (Lipinski definition) is 2. The number of aliphatic imine (C=N–C) groups is 1. The van der Waals surface area contributed by atoms with Crippen LogP contribution < -0.4 is 0 Å². The predicted octanol–water partition coefficient (Wildman–Crippen LogP) is 3.12. The highest BCUT2D eigenvalue weighted by Gasteiger charge is 2.53. The number of hydrogen-bond acceptors (Lipinski definition) is 4. The van der Waals surface area contributed by atoms with Gasteiger partial charge in [-0.2, -0.15) is 0 Å². The van der Waals surface area contributed by atoms with E-state index in [1.165, 1.54) is 0 Å². The number of rotatable bonds is 2. The van der Waals surface area contributed by atoms with Crippen molar-refractivity contribution < 1.29 is 10.2 Å². The molecule has 112 valence electrons. The minimum absolute atomic E-state index is 0.117. The van der Waals surface area contributed by atoms with Crippen molar-refractivity contribution in [2.75, 3.05) is 0 Å². The van der Waals surface area contributed by atoms with Gasteiger partial charge in [0.2, 0.25) is 0 Å². The molecular weight excluding hydrogens is 270 g/mol. The monoisotopic (exact) mass is 295 g/mol. The summed E-state index contributed by atoms with van der Waals surface area (Å²) in [5.41, 5.74) is -1.03. The Labute approximate surface area is 126 Å². The number of fused-ring (bicyclic) bond motifs is 1. The number of thiocarbonyl (C=S) groups is 1. The second-order valence-corrected chi connectivity index (χ2v) is 7.37. The topological polar surface area (TPSA) is 52.8 Å². The summed E-state index contributed by atoms with van der Waals surface area (Å²) in [7, 11) is 0. The molecule has 4 heteroatoms. The Morgan fingerprint density at radius 1 is 1.30 bits per heavy atom. The van der Waals surface area contributed by atoms with Gasteiger partial charge in [-0.15, -0.1) is 0 Å². The predicted molar refractivity (Wildman–Crippen MR) is 83.9 cm³/mol. The lowest BCUT2D eigenvalue weighted by molar-refractivity contribution is -0.0355. The molecule has 0 amide bonds. The lowest BCUT2D eigenvalue weighted by atomic mass is 9.57. The number of nitrogens with zero attached hydrogens (tertiary/aromatic N) is 1. The summed E-state index contributed by atoms with van der Waals surface area (Å²) in [6.07, 6.45) is 4.84.